The van der Waals surface area contributed by atoms with Gasteiger partial charge in [0.05, 0.1) is 21.1 Å². The van der Waals surface area contributed by atoms with E-state index in [9.17, 15) is 4.57 Å². The summed E-state index contributed by atoms with van der Waals surface area (Å²) in [4.78, 5) is 28.7. The van der Waals surface area contributed by atoms with Crippen molar-refractivity contribution in [3.05, 3.63) is 12.6 Å². The summed E-state index contributed by atoms with van der Waals surface area (Å²) >= 11 is 0. The molecule has 0 aromatic carbocycles. The number of rotatable bonds is 7. The van der Waals surface area contributed by atoms with Crippen LogP contribution in [0.5, 0.6) is 0 Å². The molecule has 3 rings (SSSR count). The fourth-order valence-corrected chi connectivity index (χ4v) is 1.78. The summed E-state index contributed by atoms with van der Waals surface area (Å²) < 4.78 is 115. The van der Waals surface area contributed by atoms with Gasteiger partial charge in [0.1, 0.15) is 32.8 Å². The summed E-state index contributed by atoms with van der Waals surface area (Å²) in [6.07, 6.45) is -17.7. The molecule has 6 N–H and O–H groups in total. The number of hydrogen-bond donors (Lipinski definition) is 5. The second-order valence-corrected chi connectivity index (χ2v) is 5.11. The molecule has 1 saturated heterocycles. The molecule has 2 aromatic heterocycles. The van der Waals surface area contributed by atoms with E-state index in [0.29, 0.717) is 0 Å². The quantitative estimate of drug-likeness (QED) is 0.349. The monoisotopic (exact) mass is 359 g/mol. The van der Waals surface area contributed by atoms with E-state index in [0.717, 1.165) is 0 Å². The van der Waals surface area contributed by atoms with Crippen LogP contribution in [0.25, 0.3) is 11.2 Å². The summed E-state index contributed by atoms with van der Waals surface area (Å²) in [6, 6.07) is 0. The summed E-state index contributed by atoms with van der Waals surface area (Å²) in [5.41, 5.74) is -1.60. The number of imidazole rings is 1. The number of anilines is 1. The largest absolute Gasteiger partial charge is 0.469 e. The molecule has 1 aliphatic heterocycles. The molecule has 3 heterocycles. The Morgan fingerprint density at radius 1 is 1.57 bits per heavy atom. The normalized spacial score (nSPS) is 49.1. The van der Waals surface area contributed by atoms with Crippen LogP contribution in [-0.4, -0.2) is 67.2 Å². The minimum Gasteiger partial charge on any atom is -0.387 e. The SMILES string of the molecule is [2H]OC1([2H])[C@]([2H])(n2c([2H])nc3c(N([2H])[2H])nc([2H])nc32)O[C@]([2H])(C([2H])([2H])OP(=O)(O)O)[C@@]1([2H])O[2H]. The third-order valence-corrected chi connectivity index (χ3v) is 2.80. The first-order valence-corrected chi connectivity index (χ1v) is 7.05. The number of nitrogens with zero attached hydrogens (tertiary/aromatic N) is 4. The zero-order valence-corrected chi connectivity index (χ0v) is 11.5. The third-order valence-electron chi connectivity index (χ3n) is 2.47. The minimum absolute atomic E-state index is 0.0861. The molecule has 1 aliphatic rings. The van der Waals surface area contributed by atoms with Crippen molar-refractivity contribution in [2.45, 2.75) is 24.4 Å². The van der Waals surface area contributed by atoms with Gasteiger partial charge in [-0.05, 0) is 0 Å². The van der Waals surface area contributed by atoms with E-state index in [4.69, 9.17) is 31.2 Å². The van der Waals surface area contributed by atoms with E-state index in [1.54, 1.807) is 0 Å². The van der Waals surface area contributed by atoms with Crippen LogP contribution >= 0.6 is 7.82 Å². The predicted octanol–water partition coefficient (Wildman–Crippen LogP) is -1.86. The van der Waals surface area contributed by atoms with Crippen molar-refractivity contribution in [2.24, 2.45) is 0 Å². The maximum atomic E-state index is 11.3. The number of ether oxygens (including phenoxy) is 1. The highest BCUT2D eigenvalue weighted by Gasteiger charge is 2.45. The molecular formula is C10H14N5O7P. The fraction of sp³-hybridized carbons (Fsp3) is 0.500. The van der Waals surface area contributed by atoms with Gasteiger partial charge in [0.15, 0.2) is 20.5 Å². The first-order chi connectivity index (χ1) is 15.7. The number of hydrogen-bond acceptors (Lipinski definition) is 9. The molecule has 13 heteroatoms. The Morgan fingerprint density at radius 2 is 2.39 bits per heavy atom. The number of nitrogen functional groups attached to an aromatic ring is 1. The molecule has 126 valence electrons. The molecule has 0 radical (unpaired) electrons. The Balaban J connectivity index is 2.42. The van der Waals surface area contributed by atoms with Crippen LogP contribution in [-0.2, 0) is 13.8 Å². The van der Waals surface area contributed by atoms with Crippen molar-refractivity contribution in [1.29, 1.82) is 2.86 Å². The number of fused-ring (bicyclic) bond motifs is 1. The lowest BCUT2D eigenvalue weighted by Gasteiger charge is -2.16. The highest BCUT2D eigenvalue weighted by Crippen LogP contribution is 2.38. The smallest absolute Gasteiger partial charge is 0.387 e. The van der Waals surface area contributed by atoms with Gasteiger partial charge in [0, 0.05) is 0 Å². The number of aliphatic hydroxyl groups is 2. The Bertz CT molecular complexity index is 1220. The number of phosphoric ester groups is 1. The molecular weight excluding hydrogens is 333 g/mol. The van der Waals surface area contributed by atoms with Crippen LogP contribution in [0.2, 0.25) is 2.82 Å². The molecule has 12 nitrogen and oxygen atoms in total. The van der Waals surface area contributed by atoms with Gasteiger partial charge in [-0.2, -0.15) is 0 Å². The van der Waals surface area contributed by atoms with Gasteiger partial charge in [-0.1, -0.05) is 0 Å². The molecule has 1 unspecified atom stereocenters. The van der Waals surface area contributed by atoms with Gasteiger partial charge in [-0.25, -0.2) is 19.5 Å². The number of aromatic nitrogens is 4. The topological polar surface area (TPSA) is 186 Å². The summed E-state index contributed by atoms with van der Waals surface area (Å²) in [7, 11) is -5.81. The summed E-state index contributed by atoms with van der Waals surface area (Å²) in [5, 5.41) is 8.10. The highest BCUT2D eigenvalue weighted by molar-refractivity contribution is 7.46. The molecule has 0 spiro atoms. The van der Waals surface area contributed by atoms with E-state index in [1.807, 2.05) is 0 Å². The Labute approximate surface area is 145 Å². The van der Waals surface area contributed by atoms with Crippen molar-refractivity contribution >= 4 is 24.8 Å². The highest BCUT2D eigenvalue weighted by atomic mass is 31.2. The lowest BCUT2D eigenvalue weighted by molar-refractivity contribution is -0.0504. The van der Waals surface area contributed by atoms with Crippen LogP contribution in [0, 0.1) is 0 Å². The van der Waals surface area contributed by atoms with Gasteiger partial charge < -0.3 is 30.5 Å². The first kappa shape index (κ1) is 7.07. The Kier molecular flexibility index (Phi) is 1.77. The molecule has 2 aromatic rings. The molecule has 0 saturated carbocycles. The van der Waals surface area contributed by atoms with E-state index in [-0.39, 0.29) is 10.3 Å². The molecule has 23 heavy (non-hydrogen) atoms. The predicted molar refractivity (Wildman–Crippen MR) is 73.7 cm³/mol. The average molecular weight is 359 g/mol. The molecule has 4 atom stereocenters. The van der Waals surface area contributed by atoms with Gasteiger partial charge in [0.25, 0.3) is 0 Å². The molecule has 0 aliphatic carbocycles. The van der Waals surface area contributed by atoms with E-state index in [1.165, 1.54) is 0 Å². The zero-order valence-electron chi connectivity index (χ0n) is 22.6. The van der Waals surface area contributed by atoms with Crippen molar-refractivity contribution in [3.63, 3.8) is 0 Å². The second-order valence-electron chi connectivity index (χ2n) is 3.95. The van der Waals surface area contributed by atoms with Gasteiger partial charge >= 0.3 is 7.82 Å². The van der Waals surface area contributed by atoms with Crippen molar-refractivity contribution < 1.29 is 47.6 Å². The zero-order chi connectivity index (χ0) is 27.0. The van der Waals surface area contributed by atoms with Crippen LogP contribution in [0.1, 0.15) is 17.2 Å². The van der Waals surface area contributed by atoms with E-state index >= 15 is 0 Å². The molecule has 0 bridgehead atoms. The summed E-state index contributed by atoms with van der Waals surface area (Å²) in [5.74, 6) is -0.720. The lowest BCUT2D eigenvalue weighted by atomic mass is 10.1. The average Bonchev–Trinajstić information content (AvgIpc) is 3.11. The standard InChI is InChI=1S/C10H14N5O7P/c11-8-5-9(13-2-12-8)15(3-14-5)10-7(17)6(16)4(22-10)1-21-23(18,19)20/h2-4,6-7,10,16-17H,1H2,(H2,11,12,13)(H2,18,19,20)/t4-,6-,7?,10-/m1/s1/i1D2,2D,3D,4D,6D,7D,10D,16D,17D/hD2. The molecule has 1 fully saturated rings. The molecule has 0 amide bonds. The van der Waals surface area contributed by atoms with Gasteiger partial charge in [0.2, 0.25) is 2.86 Å². The van der Waals surface area contributed by atoms with Crippen molar-refractivity contribution in [2.75, 3.05) is 12.3 Å². The Morgan fingerprint density at radius 3 is 3.09 bits per heavy atom. The first-order valence-electron chi connectivity index (χ1n) is 11.2. The Hall–Kier alpha value is -1.66. The van der Waals surface area contributed by atoms with Gasteiger partial charge in [-0.3, -0.25) is 9.09 Å². The van der Waals surface area contributed by atoms with Gasteiger partial charge in [-0.15, -0.1) is 0 Å². The fourth-order valence-electron chi connectivity index (χ4n) is 1.58. The minimum atomic E-state index is -5.81. The van der Waals surface area contributed by atoms with E-state index < -0.39 is 68.4 Å². The maximum absolute atomic E-state index is 11.3. The van der Waals surface area contributed by atoms with Crippen molar-refractivity contribution in [1.82, 2.24) is 19.5 Å². The maximum Gasteiger partial charge on any atom is 0.469 e. The summed E-state index contributed by atoms with van der Waals surface area (Å²) in [6.45, 7) is -4.15. The van der Waals surface area contributed by atoms with Crippen LogP contribution in [0.4, 0.5) is 5.82 Å². The lowest BCUT2D eigenvalue weighted by Crippen LogP contribution is -2.33. The van der Waals surface area contributed by atoms with Crippen molar-refractivity contribution in [3.8, 4) is 0 Å². The second kappa shape index (κ2) is 5.76. The van der Waals surface area contributed by atoms with Crippen LogP contribution < -0.4 is 5.72 Å². The number of phosphoric acid groups is 1. The third kappa shape index (κ3) is 3.05. The number of nitrogens with two attached hydrogens (primary N) is 1. The van der Waals surface area contributed by atoms with Crippen LogP contribution in [0.15, 0.2) is 12.6 Å². The van der Waals surface area contributed by atoms with Crippen LogP contribution in [0.3, 0.4) is 0 Å². The van der Waals surface area contributed by atoms with E-state index in [2.05, 4.69) is 29.7 Å².